The van der Waals surface area contributed by atoms with E-state index in [0.717, 1.165) is 23.1 Å². The molecule has 2 rings (SSSR count). The predicted molar refractivity (Wildman–Crippen MR) is 74.6 cm³/mol. The van der Waals surface area contributed by atoms with Crippen LogP contribution in [-0.2, 0) is 6.54 Å². The molecule has 0 radical (unpaired) electrons. The third kappa shape index (κ3) is 2.64. The fraction of sp³-hybridized carbons (Fsp3) is 0.714. The van der Waals surface area contributed by atoms with Crippen LogP contribution in [0.1, 0.15) is 51.0 Å². The highest BCUT2D eigenvalue weighted by atomic mass is 15.2. The molecule has 1 unspecified atom stereocenters. The van der Waals surface area contributed by atoms with Crippen molar-refractivity contribution in [3.05, 3.63) is 17.7 Å². The van der Waals surface area contributed by atoms with Crippen LogP contribution in [0.5, 0.6) is 0 Å². The minimum absolute atomic E-state index is 0.343. The molecule has 1 atom stereocenters. The lowest BCUT2D eigenvalue weighted by molar-refractivity contribution is 0.603. The molecule has 18 heavy (non-hydrogen) atoms. The molecule has 4 heteroatoms. The van der Waals surface area contributed by atoms with Gasteiger partial charge in [0, 0.05) is 25.6 Å². The smallest absolute Gasteiger partial charge is 0.131 e. The van der Waals surface area contributed by atoms with E-state index in [4.69, 9.17) is 5.73 Å². The zero-order valence-corrected chi connectivity index (χ0v) is 11.8. The SMILES string of the molecule is CC(C)c1ncc(N(C)C(C)C2CC2)c(CN)n1. The van der Waals surface area contributed by atoms with Crippen LogP contribution in [0, 0.1) is 5.92 Å². The summed E-state index contributed by atoms with van der Waals surface area (Å²) < 4.78 is 0. The van der Waals surface area contributed by atoms with Crippen molar-refractivity contribution in [3.63, 3.8) is 0 Å². The molecular weight excluding hydrogens is 224 g/mol. The van der Waals surface area contributed by atoms with Crippen LogP contribution < -0.4 is 10.6 Å². The first-order valence-corrected chi connectivity index (χ1v) is 6.83. The molecule has 2 N–H and O–H groups in total. The standard InChI is InChI=1S/C14H24N4/c1-9(2)14-16-8-13(12(7-15)17-14)18(4)10(3)11-5-6-11/h8-11H,5-7,15H2,1-4H3. The number of aromatic nitrogens is 2. The molecule has 1 aliphatic carbocycles. The molecular formula is C14H24N4. The van der Waals surface area contributed by atoms with E-state index in [0.29, 0.717) is 18.5 Å². The van der Waals surface area contributed by atoms with Gasteiger partial charge in [0.2, 0.25) is 0 Å². The summed E-state index contributed by atoms with van der Waals surface area (Å²) in [6.07, 6.45) is 4.62. The summed E-state index contributed by atoms with van der Waals surface area (Å²) in [5.74, 6) is 2.05. The summed E-state index contributed by atoms with van der Waals surface area (Å²) in [5.41, 5.74) is 7.88. The number of hydrogen-bond acceptors (Lipinski definition) is 4. The number of anilines is 1. The van der Waals surface area contributed by atoms with Gasteiger partial charge in [-0.15, -0.1) is 0 Å². The van der Waals surface area contributed by atoms with Crippen molar-refractivity contribution in [1.82, 2.24) is 9.97 Å². The van der Waals surface area contributed by atoms with Gasteiger partial charge in [-0.2, -0.15) is 0 Å². The summed E-state index contributed by atoms with van der Waals surface area (Å²) in [6, 6.07) is 0.545. The van der Waals surface area contributed by atoms with Crippen LogP contribution in [0.2, 0.25) is 0 Å². The van der Waals surface area contributed by atoms with Gasteiger partial charge in [-0.25, -0.2) is 9.97 Å². The van der Waals surface area contributed by atoms with Crippen molar-refractivity contribution in [2.75, 3.05) is 11.9 Å². The zero-order valence-electron chi connectivity index (χ0n) is 11.8. The Kier molecular flexibility index (Phi) is 3.85. The van der Waals surface area contributed by atoms with Crippen molar-refractivity contribution < 1.29 is 0 Å². The van der Waals surface area contributed by atoms with Gasteiger partial charge in [0.1, 0.15) is 5.82 Å². The van der Waals surface area contributed by atoms with Crippen LogP contribution in [-0.4, -0.2) is 23.1 Å². The lowest BCUT2D eigenvalue weighted by atomic mass is 10.1. The van der Waals surface area contributed by atoms with Crippen molar-refractivity contribution in [3.8, 4) is 0 Å². The Bertz CT molecular complexity index is 412. The lowest BCUT2D eigenvalue weighted by Gasteiger charge is -2.28. The fourth-order valence-electron chi connectivity index (χ4n) is 2.26. The van der Waals surface area contributed by atoms with E-state index in [1.165, 1.54) is 12.8 Å². The lowest BCUT2D eigenvalue weighted by Crippen LogP contribution is -2.32. The highest BCUT2D eigenvalue weighted by molar-refractivity contribution is 5.49. The Labute approximate surface area is 110 Å². The molecule has 0 bridgehead atoms. The number of nitrogens with zero attached hydrogens (tertiary/aromatic N) is 3. The largest absolute Gasteiger partial charge is 0.369 e. The minimum Gasteiger partial charge on any atom is -0.369 e. The van der Waals surface area contributed by atoms with Gasteiger partial charge in [0.15, 0.2) is 0 Å². The first kappa shape index (κ1) is 13.3. The molecule has 1 saturated carbocycles. The van der Waals surface area contributed by atoms with Crippen LogP contribution in [0.4, 0.5) is 5.69 Å². The van der Waals surface area contributed by atoms with Crippen LogP contribution in [0.3, 0.4) is 0 Å². The van der Waals surface area contributed by atoms with E-state index < -0.39 is 0 Å². The molecule has 1 aliphatic rings. The molecule has 1 aromatic heterocycles. The van der Waals surface area contributed by atoms with E-state index in [1.807, 2.05) is 6.20 Å². The van der Waals surface area contributed by atoms with Crippen molar-refractivity contribution in [2.24, 2.45) is 11.7 Å². The van der Waals surface area contributed by atoms with E-state index in [9.17, 15) is 0 Å². The van der Waals surface area contributed by atoms with E-state index in [-0.39, 0.29) is 0 Å². The number of nitrogens with two attached hydrogens (primary N) is 1. The number of hydrogen-bond donors (Lipinski definition) is 1. The summed E-state index contributed by atoms with van der Waals surface area (Å²) in [7, 11) is 2.12. The average Bonchev–Trinajstić information content (AvgIpc) is 3.20. The molecule has 0 aromatic carbocycles. The maximum atomic E-state index is 5.83. The van der Waals surface area contributed by atoms with E-state index in [2.05, 4.69) is 42.7 Å². The second-order valence-electron chi connectivity index (χ2n) is 5.61. The molecule has 1 heterocycles. The fourth-order valence-corrected chi connectivity index (χ4v) is 2.26. The van der Waals surface area contributed by atoms with Gasteiger partial charge in [-0.1, -0.05) is 13.8 Å². The van der Waals surface area contributed by atoms with Gasteiger partial charge in [0.25, 0.3) is 0 Å². The van der Waals surface area contributed by atoms with E-state index in [1.54, 1.807) is 0 Å². The molecule has 0 amide bonds. The molecule has 0 spiro atoms. The molecule has 1 fully saturated rings. The third-order valence-electron chi connectivity index (χ3n) is 3.87. The second kappa shape index (κ2) is 5.22. The summed E-state index contributed by atoms with van der Waals surface area (Å²) >= 11 is 0. The molecule has 0 aliphatic heterocycles. The maximum Gasteiger partial charge on any atom is 0.131 e. The topological polar surface area (TPSA) is 55.0 Å². The highest BCUT2D eigenvalue weighted by Gasteiger charge is 2.31. The predicted octanol–water partition coefficient (Wildman–Crippen LogP) is 2.29. The minimum atomic E-state index is 0.343. The normalized spacial score (nSPS) is 17.0. The first-order valence-electron chi connectivity index (χ1n) is 6.83. The molecule has 4 nitrogen and oxygen atoms in total. The Balaban J connectivity index is 2.25. The van der Waals surface area contributed by atoms with Gasteiger partial charge in [0.05, 0.1) is 17.6 Å². The maximum absolute atomic E-state index is 5.83. The molecule has 1 aromatic rings. The first-order chi connectivity index (χ1) is 8.54. The molecule has 100 valence electrons. The third-order valence-corrected chi connectivity index (χ3v) is 3.87. The monoisotopic (exact) mass is 248 g/mol. The van der Waals surface area contributed by atoms with Crippen LogP contribution in [0.25, 0.3) is 0 Å². The summed E-state index contributed by atoms with van der Waals surface area (Å²) in [6.45, 7) is 6.95. The number of rotatable bonds is 5. The quantitative estimate of drug-likeness (QED) is 0.868. The second-order valence-corrected chi connectivity index (χ2v) is 5.61. The highest BCUT2D eigenvalue weighted by Crippen LogP contribution is 2.36. The molecule has 0 saturated heterocycles. The van der Waals surface area contributed by atoms with Crippen molar-refractivity contribution in [2.45, 2.75) is 52.1 Å². The van der Waals surface area contributed by atoms with Gasteiger partial charge < -0.3 is 10.6 Å². The van der Waals surface area contributed by atoms with E-state index >= 15 is 0 Å². The average molecular weight is 248 g/mol. The van der Waals surface area contributed by atoms with Crippen LogP contribution >= 0.6 is 0 Å². The Hall–Kier alpha value is -1.16. The van der Waals surface area contributed by atoms with Crippen LogP contribution in [0.15, 0.2) is 6.20 Å². The Morgan fingerprint density at radius 1 is 1.39 bits per heavy atom. The Morgan fingerprint density at radius 2 is 2.06 bits per heavy atom. The van der Waals surface area contributed by atoms with Gasteiger partial charge in [-0.05, 0) is 25.7 Å². The summed E-state index contributed by atoms with van der Waals surface area (Å²) in [4.78, 5) is 11.3. The van der Waals surface area contributed by atoms with Gasteiger partial charge >= 0.3 is 0 Å². The zero-order chi connectivity index (χ0) is 13.3. The van der Waals surface area contributed by atoms with Gasteiger partial charge in [-0.3, -0.25) is 0 Å². The Morgan fingerprint density at radius 3 is 2.56 bits per heavy atom. The van der Waals surface area contributed by atoms with Crippen molar-refractivity contribution >= 4 is 5.69 Å². The summed E-state index contributed by atoms with van der Waals surface area (Å²) in [5, 5.41) is 0. The van der Waals surface area contributed by atoms with Crippen molar-refractivity contribution in [1.29, 1.82) is 0 Å².